The minimum absolute atomic E-state index is 0.0302. The van der Waals surface area contributed by atoms with Gasteiger partial charge in [-0.05, 0) is 98.8 Å². The summed E-state index contributed by atoms with van der Waals surface area (Å²) in [5, 5.41) is 18.3. The molecule has 4 N–H and O–H groups in total. The van der Waals surface area contributed by atoms with Crippen LogP contribution in [0.15, 0.2) is 23.5 Å². The molecule has 0 radical (unpaired) electrons. The van der Waals surface area contributed by atoms with Gasteiger partial charge in [0, 0.05) is 22.9 Å². The fourth-order valence-corrected chi connectivity index (χ4v) is 8.02. The quantitative estimate of drug-likeness (QED) is 0.273. The number of thiazole rings is 1. The van der Waals surface area contributed by atoms with Crippen molar-refractivity contribution in [2.75, 3.05) is 18.2 Å². The van der Waals surface area contributed by atoms with Crippen molar-refractivity contribution in [2.45, 2.75) is 71.1 Å². The first-order valence-electron chi connectivity index (χ1n) is 12.7. The molecule has 0 aliphatic heterocycles. The maximum atomic E-state index is 12.5. The lowest BCUT2D eigenvalue weighted by Crippen LogP contribution is -2.44. The molecule has 8 heteroatoms. The van der Waals surface area contributed by atoms with E-state index >= 15 is 0 Å². The molecular formula is C27H36N4O3S. The van der Waals surface area contributed by atoms with Crippen LogP contribution in [-0.2, 0) is 16.1 Å². The minimum Gasteiger partial charge on any atom is -0.506 e. The number of aromatic hydroxyl groups is 1. The average molecular weight is 497 g/mol. The van der Waals surface area contributed by atoms with Crippen molar-refractivity contribution < 1.29 is 14.7 Å². The summed E-state index contributed by atoms with van der Waals surface area (Å²) in [6.45, 7) is 4.37. The Hall–Kier alpha value is -2.61. The van der Waals surface area contributed by atoms with E-state index < -0.39 is 0 Å². The highest BCUT2D eigenvalue weighted by molar-refractivity contribution is 7.15. The van der Waals surface area contributed by atoms with E-state index in [4.69, 9.17) is 10.6 Å². The topological polar surface area (TPSA) is 110 Å². The number of nitrogens with one attached hydrogen (secondary N) is 1. The lowest BCUT2D eigenvalue weighted by Gasteiger charge is -2.50. The number of phenols is 1. The van der Waals surface area contributed by atoms with Gasteiger partial charge < -0.3 is 21.0 Å². The van der Waals surface area contributed by atoms with E-state index in [1.807, 2.05) is 19.1 Å². The Kier molecular flexibility index (Phi) is 6.51. The van der Waals surface area contributed by atoms with E-state index in [2.05, 4.69) is 22.4 Å². The molecule has 5 rings (SSSR count). The molecule has 3 unspecified atom stereocenters. The van der Waals surface area contributed by atoms with Gasteiger partial charge in [0.15, 0.2) is 5.13 Å². The van der Waals surface area contributed by atoms with Gasteiger partial charge in [-0.15, -0.1) is 11.3 Å². The number of nitrogen functional groups attached to an aromatic ring is 1. The van der Waals surface area contributed by atoms with Crippen LogP contribution in [0.3, 0.4) is 0 Å². The van der Waals surface area contributed by atoms with E-state index in [9.17, 15) is 9.90 Å². The number of aryl methyl sites for hydroxylation is 2. The van der Waals surface area contributed by atoms with Crippen LogP contribution in [0.5, 0.6) is 5.75 Å². The van der Waals surface area contributed by atoms with Crippen molar-refractivity contribution >= 4 is 33.8 Å². The van der Waals surface area contributed by atoms with Gasteiger partial charge in [-0.3, -0.25) is 4.79 Å². The number of hydrogen-bond donors (Lipinski definition) is 3. The molecular weight excluding hydrogens is 460 g/mol. The minimum atomic E-state index is 0.0302. The average Bonchev–Trinajstić information content (AvgIpc) is 3.35. The predicted molar refractivity (Wildman–Crippen MR) is 140 cm³/mol. The number of hydrogen-bond acceptors (Lipinski definition) is 7. The molecule has 0 saturated heterocycles. The summed E-state index contributed by atoms with van der Waals surface area (Å²) in [7, 11) is 1.64. The Bertz CT molecular complexity index is 1150. The second-order valence-corrected chi connectivity index (χ2v) is 12.0. The van der Waals surface area contributed by atoms with Gasteiger partial charge in [0.1, 0.15) is 12.9 Å². The second-order valence-electron chi connectivity index (χ2n) is 10.8. The molecule has 5 atom stereocenters. The normalized spacial score (nSPS) is 30.4. The summed E-state index contributed by atoms with van der Waals surface area (Å²) >= 11 is 1.51. The number of fused-ring (bicyclic) bond motifs is 5. The van der Waals surface area contributed by atoms with Crippen LogP contribution < -0.4 is 11.1 Å². The van der Waals surface area contributed by atoms with E-state index in [-0.39, 0.29) is 17.1 Å². The maximum Gasteiger partial charge on any atom is 0.226 e. The molecule has 1 heterocycles. The first-order valence-corrected chi connectivity index (χ1v) is 13.6. The molecule has 1 amide bonds. The highest BCUT2D eigenvalue weighted by Crippen LogP contribution is 2.62. The molecule has 2 fully saturated rings. The Balaban J connectivity index is 1.33. The maximum absolute atomic E-state index is 12.5. The third-order valence-corrected chi connectivity index (χ3v) is 9.62. The zero-order valence-corrected chi connectivity index (χ0v) is 21.7. The molecule has 1 aromatic heterocycles. The van der Waals surface area contributed by atoms with E-state index in [1.165, 1.54) is 28.2 Å². The fourth-order valence-electron chi connectivity index (χ4n) is 7.34. The molecule has 2 saturated carbocycles. The summed E-state index contributed by atoms with van der Waals surface area (Å²) < 4.78 is 0. The Morgan fingerprint density at radius 2 is 2.23 bits per heavy atom. The number of carbonyl (C=O) groups is 1. The van der Waals surface area contributed by atoms with Gasteiger partial charge in [0.05, 0.1) is 11.4 Å². The second kappa shape index (κ2) is 9.45. The monoisotopic (exact) mass is 496 g/mol. The lowest BCUT2D eigenvalue weighted by molar-refractivity contribution is -0.116. The number of carbonyl (C=O) groups excluding carboxylic acids is 1. The van der Waals surface area contributed by atoms with Crippen LogP contribution in [0.25, 0.3) is 0 Å². The number of anilines is 2. The van der Waals surface area contributed by atoms with Gasteiger partial charge in [0.25, 0.3) is 0 Å². The summed E-state index contributed by atoms with van der Waals surface area (Å²) in [5.41, 5.74) is 10.4. The zero-order chi connectivity index (χ0) is 24.7. The fraction of sp³-hybridized carbons (Fsp3) is 0.593. The third-order valence-electron chi connectivity index (χ3n) is 8.79. The van der Waals surface area contributed by atoms with Crippen LogP contribution in [0.1, 0.15) is 73.8 Å². The van der Waals surface area contributed by atoms with Crippen molar-refractivity contribution in [1.82, 2.24) is 4.98 Å². The van der Waals surface area contributed by atoms with Crippen molar-refractivity contribution in [2.24, 2.45) is 28.3 Å². The molecule has 2 aromatic rings. The van der Waals surface area contributed by atoms with Crippen LogP contribution in [-0.4, -0.2) is 28.8 Å². The highest BCUT2D eigenvalue weighted by Gasteiger charge is 2.57. The predicted octanol–water partition coefficient (Wildman–Crippen LogP) is 5.63. The molecule has 7 nitrogen and oxygen atoms in total. The number of rotatable bonds is 6. The van der Waals surface area contributed by atoms with Gasteiger partial charge in [0.2, 0.25) is 5.91 Å². The van der Waals surface area contributed by atoms with Gasteiger partial charge in [-0.25, -0.2) is 4.98 Å². The van der Waals surface area contributed by atoms with Gasteiger partial charge in [-0.2, -0.15) is 0 Å². The molecule has 188 valence electrons. The first kappa shape index (κ1) is 24.1. The van der Waals surface area contributed by atoms with E-state index in [1.54, 1.807) is 13.3 Å². The van der Waals surface area contributed by atoms with Crippen LogP contribution in [0, 0.1) is 30.1 Å². The van der Waals surface area contributed by atoms with Crippen molar-refractivity contribution in [3.05, 3.63) is 34.3 Å². The number of phenolic OH excluding ortho intramolecular Hbond substituents is 1. The van der Waals surface area contributed by atoms with Gasteiger partial charge >= 0.3 is 0 Å². The standard InChI is InChI=1S/C27H36N4O3S/c1-15-14-29-26(35-15)30-24(33)6-4-5-17-12-23(31-34-3)27(2)10-9-18-19(25(17)27)8-7-16-11-22(32)21(28)13-20(16)18/h11,13-14,17-19,25,32H,4-10,12,28H2,1-3H3,(H,29,30,33)/b31-23+/t17-,18?,19?,25?,27-/m1/s1. The Morgan fingerprint density at radius 3 is 2.97 bits per heavy atom. The molecule has 0 bridgehead atoms. The van der Waals surface area contributed by atoms with Crippen LogP contribution in [0.2, 0.25) is 0 Å². The van der Waals surface area contributed by atoms with Crippen LogP contribution in [0.4, 0.5) is 10.8 Å². The number of aromatic nitrogens is 1. The van der Waals surface area contributed by atoms with Crippen molar-refractivity contribution in [1.29, 1.82) is 0 Å². The molecule has 3 aliphatic carbocycles. The Labute approximate surface area is 211 Å². The third kappa shape index (κ3) is 4.41. The Morgan fingerprint density at radius 1 is 1.40 bits per heavy atom. The summed E-state index contributed by atoms with van der Waals surface area (Å²) in [6.07, 6.45) is 9.33. The molecule has 1 aromatic carbocycles. The summed E-state index contributed by atoms with van der Waals surface area (Å²) in [6, 6.07) is 3.89. The number of nitrogens with two attached hydrogens (primary N) is 1. The lowest BCUT2D eigenvalue weighted by atomic mass is 9.54. The summed E-state index contributed by atoms with van der Waals surface area (Å²) in [4.78, 5) is 23.1. The first-order chi connectivity index (χ1) is 16.8. The largest absolute Gasteiger partial charge is 0.506 e. The van der Waals surface area contributed by atoms with E-state index in [0.29, 0.717) is 40.9 Å². The molecule has 0 spiro atoms. The van der Waals surface area contributed by atoms with E-state index in [0.717, 1.165) is 49.8 Å². The smallest absolute Gasteiger partial charge is 0.226 e. The van der Waals surface area contributed by atoms with Crippen molar-refractivity contribution in [3.8, 4) is 5.75 Å². The van der Waals surface area contributed by atoms with Crippen molar-refractivity contribution in [3.63, 3.8) is 0 Å². The summed E-state index contributed by atoms with van der Waals surface area (Å²) in [5.74, 6) is 2.22. The number of benzene rings is 1. The molecule has 3 aliphatic rings. The number of oxime groups is 1. The number of nitrogens with zero attached hydrogens (tertiary/aromatic N) is 2. The molecule has 35 heavy (non-hydrogen) atoms. The number of amides is 1. The van der Waals surface area contributed by atoms with Crippen LogP contribution >= 0.6 is 11.3 Å². The van der Waals surface area contributed by atoms with Gasteiger partial charge in [-0.1, -0.05) is 12.1 Å². The SMILES string of the molecule is CO/N=C1\C[C@@H](CCCC(=O)Nc2ncc(C)s2)C2C3CCc4cc(O)c(N)cc4C3CC[C@]12C. The highest BCUT2D eigenvalue weighted by atomic mass is 32.1. The zero-order valence-electron chi connectivity index (χ0n) is 20.8.